The van der Waals surface area contributed by atoms with E-state index in [4.69, 9.17) is 15.6 Å². The van der Waals surface area contributed by atoms with E-state index in [1.807, 2.05) is 25.1 Å². The summed E-state index contributed by atoms with van der Waals surface area (Å²) >= 11 is 1.15. The molecule has 94 valence electrons. The molecular weight excluding hydrogens is 252 g/mol. The van der Waals surface area contributed by atoms with E-state index >= 15 is 0 Å². The van der Waals surface area contributed by atoms with Crippen molar-refractivity contribution < 1.29 is 14.6 Å². The highest BCUT2D eigenvalue weighted by Gasteiger charge is 2.18. The fourth-order valence-corrected chi connectivity index (χ4v) is 2.39. The number of hydrogen-bond donors (Lipinski definition) is 2. The first-order valence-electron chi connectivity index (χ1n) is 5.34. The molecule has 0 saturated carbocycles. The predicted molar refractivity (Wildman–Crippen MR) is 70.1 cm³/mol. The molecule has 2 rings (SSSR count). The van der Waals surface area contributed by atoms with Gasteiger partial charge in [-0.3, -0.25) is 0 Å². The van der Waals surface area contributed by atoms with E-state index in [9.17, 15) is 4.79 Å². The molecule has 0 spiro atoms. The third kappa shape index (κ3) is 2.43. The molecule has 18 heavy (non-hydrogen) atoms. The van der Waals surface area contributed by atoms with Gasteiger partial charge in [-0.05, 0) is 24.6 Å². The van der Waals surface area contributed by atoms with Crippen LogP contribution in [0, 0.1) is 0 Å². The van der Waals surface area contributed by atoms with Gasteiger partial charge in [0.25, 0.3) is 0 Å². The van der Waals surface area contributed by atoms with E-state index in [1.54, 1.807) is 6.07 Å². The van der Waals surface area contributed by atoms with Crippen molar-refractivity contribution in [1.29, 1.82) is 0 Å². The van der Waals surface area contributed by atoms with Gasteiger partial charge in [0.05, 0.1) is 11.5 Å². The van der Waals surface area contributed by atoms with E-state index < -0.39 is 5.97 Å². The molecule has 1 heterocycles. The number of thiazole rings is 1. The largest absolute Gasteiger partial charge is 0.494 e. The Balaban J connectivity index is 2.47. The number of rotatable bonds is 4. The Hall–Kier alpha value is -2.08. The zero-order chi connectivity index (χ0) is 13.1. The lowest BCUT2D eigenvalue weighted by Crippen LogP contribution is -1.99. The maximum Gasteiger partial charge on any atom is 0.356 e. The summed E-state index contributed by atoms with van der Waals surface area (Å²) in [6.07, 6.45) is 0. The molecule has 0 saturated heterocycles. The molecule has 1 aromatic heterocycles. The van der Waals surface area contributed by atoms with Crippen molar-refractivity contribution in [3.63, 3.8) is 0 Å². The number of ether oxygens (including phenoxy) is 1. The second-order valence-corrected chi connectivity index (χ2v) is 4.53. The van der Waals surface area contributed by atoms with E-state index in [2.05, 4.69) is 4.98 Å². The topological polar surface area (TPSA) is 85.4 Å². The molecule has 0 aliphatic carbocycles. The third-order valence-electron chi connectivity index (χ3n) is 2.25. The lowest BCUT2D eigenvalue weighted by molar-refractivity contribution is 0.0692. The van der Waals surface area contributed by atoms with Crippen molar-refractivity contribution in [2.75, 3.05) is 12.3 Å². The summed E-state index contributed by atoms with van der Waals surface area (Å²) < 4.78 is 5.38. The van der Waals surface area contributed by atoms with Gasteiger partial charge >= 0.3 is 5.97 Å². The van der Waals surface area contributed by atoms with Gasteiger partial charge in [0, 0.05) is 0 Å². The minimum absolute atomic E-state index is 0.0221. The van der Waals surface area contributed by atoms with Gasteiger partial charge in [-0.25, -0.2) is 9.78 Å². The lowest BCUT2D eigenvalue weighted by atomic mass is 10.1. The van der Waals surface area contributed by atoms with E-state index in [0.29, 0.717) is 17.2 Å². The summed E-state index contributed by atoms with van der Waals surface area (Å²) in [6.45, 7) is 2.44. The van der Waals surface area contributed by atoms with Crippen molar-refractivity contribution in [1.82, 2.24) is 4.98 Å². The number of anilines is 1. The number of carbonyl (C=O) groups is 1. The first-order chi connectivity index (χ1) is 8.61. The molecule has 0 unspecified atom stereocenters. The highest BCUT2D eigenvalue weighted by atomic mass is 32.1. The number of nitrogen functional groups attached to an aromatic ring is 1. The molecule has 3 N–H and O–H groups in total. The summed E-state index contributed by atoms with van der Waals surface area (Å²) in [5, 5.41) is 9.31. The van der Waals surface area contributed by atoms with Gasteiger partial charge in [-0.2, -0.15) is 0 Å². The number of aromatic nitrogens is 1. The van der Waals surface area contributed by atoms with Crippen LogP contribution in [0.2, 0.25) is 0 Å². The van der Waals surface area contributed by atoms with Crippen molar-refractivity contribution in [3.8, 4) is 16.2 Å². The molecule has 0 aliphatic heterocycles. The Morgan fingerprint density at radius 2 is 2.33 bits per heavy atom. The molecule has 0 fully saturated rings. The minimum Gasteiger partial charge on any atom is -0.494 e. The fourth-order valence-electron chi connectivity index (χ4n) is 1.57. The number of hydrogen-bond acceptors (Lipinski definition) is 5. The summed E-state index contributed by atoms with van der Waals surface area (Å²) in [6, 6.07) is 7.21. The first kappa shape index (κ1) is 12.4. The van der Waals surface area contributed by atoms with Crippen molar-refractivity contribution >= 4 is 22.4 Å². The van der Waals surface area contributed by atoms with Crippen LogP contribution in [0.4, 0.5) is 5.13 Å². The zero-order valence-corrected chi connectivity index (χ0v) is 10.5. The predicted octanol–water partition coefficient (Wildman–Crippen LogP) is 2.49. The van der Waals surface area contributed by atoms with Gasteiger partial charge in [0.15, 0.2) is 10.8 Å². The minimum atomic E-state index is -1.08. The molecule has 0 atom stereocenters. The molecule has 6 heteroatoms. The smallest absolute Gasteiger partial charge is 0.356 e. The van der Waals surface area contributed by atoms with Crippen LogP contribution in [0.15, 0.2) is 24.3 Å². The second-order valence-electron chi connectivity index (χ2n) is 3.50. The van der Waals surface area contributed by atoms with Crippen LogP contribution >= 0.6 is 11.3 Å². The number of nitrogens with two attached hydrogens (primary N) is 1. The standard InChI is InChI=1S/C12H12N2O3S/c1-2-17-8-5-3-4-7(6-8)10-9(11(15)16)14-12(13)18-10/h3-6H,2H2,1H3,(H2,13,14)(H,15,16). The molecular formula is C12H12N2O3S. The Morgan fingerprint density at radius 1 is 1.56 bits per heavy atom. The molecule has 5 nitrogen and oxygen atoms in total. The number of carboxylic acids is 1. The second kappa shape index (κ2) is 5.05. The number of nitrogens with zero attached hydrogens (tertiary/aromatic N) is 1. The number of aromatic carboxylic acids is 1. The average molecular weight is 264 g/mol. The summed E-state index contributed by atoms with van der Waals surface area (Å²) in [5.41, 5.74) is 6.29. The van der Waals surface area contributed by atoms with Crippen LogP contribution in [0.3, 0.4) is 0 Å². The highest BCUT2D eigenvalue weighted by molar-refractivity contribution is 7.19. The molecule has 0 bridgehead atoms. The van der Waals surface area contributed by atoms with Crippen molar-refractivity contribution in [2.45, 2.75) is 6.92 Å². The fraction of sp³-hybridized carbons (Fsp3) is 0.167. The monoisotopic (exact) mass is 264 g/mol. The Labute approximate surface area is 108 Å². The first-order valence-corrected chi connectivity index (χ1v) is 6.16. The van der Waals surface area contributed by atoms with Crippen LogP contribution < -0.4 is 10.5 Å². The normalized spacial score (nSPS) is 10.3. The van der Waals surface area contributed by atoms with Crippen LogP contribution in [0.5, 0.6) is 5.75 Å². The molecule has 0 amide bonds. The molecule has 1 aromatic carbocycles. The average Bonchev–Trinajstić information content (AvgIpc) is 2.72. The molecule has 2 aromatic rings. The summed E-state index contributed by atoms with van der Waals surface area (Å²) in [4.78, 5) is 15.4. The maximum absolute atomic E-state index is 11.1. The van der Waals surface area contributed by atoms with E-state index in [0.717, 1.165) is 16.9 Å². The molecule has 0 radical (unpaired) electrons. The van der Waals surface area contributed by atoms with Gasteiger partial charge in [-0.15, -0.1) is 0 Å². The van der Waals surface area contributed by atoms with Crippen LogP contribution in [0.25, 0.3) is 10.4 Å². The SMILES string of the molecule is CCOc1cccc(-c2sc(N)nc2C(=O)O)c1. The van der Waals surface area contributed by atoms with E-state index in [1.165, 1.54) is 0 Å². The number of carboxylic acid groups (broad SMARTS) is 1. The van der Waals surface area contributed by atoms with Gasteiger partial charge in [0.1, 0.15) is 5.75 Å². The van der Waals surface area contributed by atoms with Gasteiger partial charge in [-0.1, -0.05) is 23.5 Å². The quantitative estimate of drug-likeness (QED) is 0.886. The molecule has 0 aliphatic rings. The van der Waals surface area contributed by atoms with Crippen LogP contribution in [-0.2, 0) is 0 Å². The third-order valence-corrected chi connectivity index (χ3v) is 3.19. The van der Waals surface area contributed by atoms with Crippen molar-refractivity contribution in [3.05, 3.63) is 30.0 Å². The lowest BCUT2D eigenvalue weighted by Gasteiger charge is -2.04. The highest BCUT2D eigenvalue weighted by Crippen LogP contribution is 2.33. The Bertz CT molecular complexity index is 580. The maximum atomic E-state index is 11.1. The van der Waals surface area contributed by atoms with Crippen LogP contribution in [-0.4, -0.2) is 22.7 Å². The van der Waals surface area contributed by atoms with Gasteiger partial charge in [0.2, 0.25) is 0 Å². The summed E-state index contributed by atoms with van der Waals surface area (Å²) in [5.74, 6) is -0.391. The Morgan fingerprint density at radius 3 is 3.00 bits per heavy atom. The number of benzene rings is 1. The van der Waals surface area contributed by atoms with Crippen LogP contribution in [0.1, 0.15) is 17.4 Å². The summed E-state index contributed by atoms with van der Waals surface area (Å²) in [7, 11) is 0. The zero-order valence-electron chi connectivity index (χ0n) is 9.71. The van der Waals surface area contributed by atoms with Crippen molar-refractivity contribution in [2.24, 2.45) is 0 Å². The van der Waals surface area contributed by atoms with Gasteiger partial charge < -0.3 is 15.6 Å². The Kier molecular flexibility index (Phi) is 3.47. The van der Waals surface area contributed by atoms with E-state index in [-0.39, 0.29) is 10.8 Å².